The maximum Gasteiger partial charge on any atom is 0.455 e. The number of alkyl halides is 9. The molecule has 2 aromatic rings. The maximum absolute atomic E-state index is 12.4. The zero-order chi connectivity index (χ0) is 30.0. The van der Waals surface area contributed by atoms with E-state index in [1.165, 1.54) is 16.7 Å². The van der Waals surface area contributed by atoms with Crippen molar-refractivity contribution in [3.05, 3.63) is 48.2 Å². The van der Waals surface area contributed by atoms with E-state index in [2.05, 4.69) is 10.3 Å². The fraction of sp³-hybridized carbons (Fsp3) is 0.333. The summed E-state index contributed by atoms with van der Waals surface area (Å²) >= 11 is 0. The van der Waals surface area contributed by atoms with Crippen molar-refractivity contribution in [3.63, 3.8) is 0 Å². The molecule has 1 saturated heterocycles. The minimum atomic E-state index is -5.19. The Labute approximate surface area is 212 Å². The van der Waals surface area contributed by atoms with Gasteiger partial charge >= 0.3 is 18.5 Å². The number of ketones is 1. The minimum absolute atomic E-state index is 0.427. The molecule has 1 aliphatic heterocycles. The number of nitrogens with one attached hydrogen (secondary N) is 3. The number of carboxylic acids is 2. The Balaban J connectivity index is 0.000000449. The monoisotopic (exact) mass is 579 g/mol. The highest BCUT2D eigenvalue weighted by molar-refractivity contribution is 5.99. The highest BCUT2D eigenvalue weighted by atomic mass is 19.4. The Morgan fingerprint density at radius 2 is 1.23 bits per heavy atom. The number of Topliss-reactive ketones (excluding diaryl/α,β-unsaturated/α-hetero) is 1. The van der Waals surface area contributed by atoms with Crippen LogP contribution in [0.1, 0.15) is 10.4 Å². The third-order valence-corrected chi connectivity index (χ3v) is 4.46. The average molecular weight is 579 g/mol. The van der Waals surface area contributed by atoms with Crippen LogP contribution in [-0.2, 0) is 14.3 Å². The van der Waals surface area contributed by atoms with Crippen molar-refractivity contribution in [1.82, 2.24) is 0 Å². The second-order valence-corrected chi connectivity index (χ2v) is 7.31. The molecule has 2 heterocycles. The van der Waals surface area contributed by atoms with Crippen LogP contribution in [0.25, 0.3) is 0 Å². The molecule has 1 fully saturated rings. The molecule has 0 spiro atoms. The summed E-state index contributed by atoms with van der Waals surface area (Å²) in [6, 6.07) is 10.4. The molecule has 9 nitrogen and oxygen atoms in total. The number of aromatic nitrogens is 1. The Kier molecular flexibility index (Phi) is 11.7. The van der Waals surface area contributed by atoms with Crippen molar-refractivity contribution in [1.29, 1.82) is 0 Å². The number of benzene rings is 1. The number of halogens is 9. The number of hydrogen-bond donors (Lipinski definition) is 2. The van der Waals surface area contributed by atoms with Gasteiger partial charge in [0.05, 0.1) is 25.0 Å². The summed E-state index contributed by atoms with van der Waals surface area (Å²) in [6.45, 7) is 3.34. The highest BCUT2D eigenvalue weighted by Crippen LogP contribution is 2.21. The first-order valence-corrected chi connectivity index (χ1v) is 10.3. The number of pyridine rings is 1. The van der Waals surface area contributed by atoms with E-state index in [1.807, 2.05) is 24.3 Å². The number of morpholine rings is 1. The summed E-state index contributed by atoms with van der Waals surface area (Å²) < 4.78 is 106. The van der Waals surface area contributed by atoms with E-state index in [0.717, 1.165) is 44.3 Å². The number of ether oxygens (including phenoxy) is 1. The van der Waals surface area contributed by atoms with E-state index in [4.69, 9.17) is 24.5 Å². The van der Waals surface area contributed by atoms with Crippen LogP contribution in [0.2, 0.25) is 0 Å². The molecule has 3 rings (SSSR count). The normalized spacial score (nSPS) is 14.2. The quantitative estimate of drug-likeness (QED) is 0.388. The zero-order valence-corrected chi connectivity index (χ0v) is 19.2. The van der Waals surface area contributed by atoms with Crippen molar-refractivity contribution in [3.8, 4) is 0 Å². The van der Waals surface area contributed by atoms with Gasteiger partial charge in [-0.3, -0.25) is 9.69 Å². The van der Waals surface area contributed by atoms with Gasteiger partial charge in [-0.15, -0.1) is 0 Å². The lowest BCUT2D eigenvalue weighted by atomic mass is 10.2. The Morgan fingerprint density at radius 1 is 0.769 bits per heavy atom. The molecule has 18 heteroatoms. The van der Waals surface area contributed by atoms with Crippen LogP contribution < -0.4 is 25.4 Å². The van der Waals surface area contributed by atoms with Gasteiger partial charge in [-0.2, -0.15) is 39.5 Å². The molecule has 0 amide bonds. The number of rotatable bonds is 4. The van der Waals surface area contributed by atoms with E-state index in [1.54, 1.807) is 0 Å². The van der Waals surface area contributed by atoms with Crippen LogP contribution >= 0.6 is 0 Å². The third-order valence-electron chi connectivity index (χ3n) is 4.46. The second kappa shape index (κ2) is 13.7. The SMILES string of the molecule is O=C([O-])C(F)(F)F.O=C([O-])C(F)(F)F.O=C(c1ccc(Nc2ccc([NH+]3CCOCC3)cc2)[nH+]c1)C(F)(F)F. The third kappa shape index (κ3) is 12.0. The van der Waals surface area contributed by atoms with Crippen molar-refractivity contribution < 1.29 is 78.7 Å². The predicted molar refractivity (Wildman–Crippen MR) is 106 cm³/mol. The van der Waals surface area contributed by atoms with Crippen molar-refractivity contribution in [2.45, 2.75) is 18.5 Å². The van der Waals surface area contributed by atoms with E-state index in [-0.39, 0.29) is 0 Å². The van der Waals surface area contributed by atoms with Gasteiger partial charge in [0.25, 0.3) is 11.6 Å². The average Bonchev–Trinajstić information content (AvgIpc) is 2.84. The standard InChI is InChI=1S/C17H16F3N3O2.2C2HF3O2/c18-17(19,20)16(24)12-1-6-15(21-11-12)22-13-2-4-14(5-3-13)23-7-9-25-10-8-23;2*3-2(4,5)1(6)7/h1-6,11H,7-10H2,(H,21,22);2*(H,6,7). The number of quaternary nitrogens is 1. The molecule has 1 aliphatic rings. The van der Waals surface area contributed by atoms with Gasteiger partial charge in [0.15, 0.2) is 0 Å². The van der Waals surface area contributed by atoms with Crippen molar-refractivity contribution in [2.24, 2.45) is 0 Å². The van der Waals surface area contributed by atoms with Crippen LogP contribution in [0.15, 0.2) is 42.6 Å². The summed E-state index contributed by atoms with van der Waals surface area (Å²) in [7, 11) is 0. The molecular weight excluding hydrogens is 561 g/mol. The second-order valence-electron chi connectivity index (χ2n) is 7.31. The molecule has 1 aromatic heterocycles. The van der Waals surface area contributed by atoms with E-state index in [0.29, 0.717) is 5.82 Å². The molecule has 0 bridgehead atoms. The number of aliphatic carboxylic acids is 2. The molecule has 39 heavy (non-hydrogen) atoms. The number of carbonyl (C=O) groups is 3. The van der Waals surface area contributed by atoms with Gasteiger partial charge in [0.2, 0.25) is 0 Å². The largest absolute Gasteiger partial charge is 0.542 e. The Bertz CT molecular complexity index is 1070. The van der Waals surface area contributed by atoms with Gasteiger partial charge in [-0.05, 0) is 18.2 Å². The number of hydrogen-bond acceptors (Lipinski definition) is 7. The molecule has 1 aromatic carbocycles. The van der Waals surface area contributed by atoms with Crippen LogP contribution in [0.4, 0.5) is 56.7 Å². The number of anilines is 2. The van der Waals surface area contributed by atoms with E-state index >= 15 is 0 Å². The number of aromatic amines is 1. The topological polar surface area (TPSA) is 137 Å². The summed E-state index contributed by atoms with van der Waals surface area (Å²) in [5, 5.41) is 20.6. The number of carboxylic acid groups (broad SMARTS) is 2. The fourth-order valence-electron chi connectivity index (χ4n) is 2.66. The van der Waals surface area contributed by atoms with Crippen LogP contribution in [0.3, 0.4) is 0 Å². The van der Waals surface area contributed by atoms with Gasteiger partial charge in [0, 0.05) is 18.2 Å². The smallest absolute Gasteiger partial charge is 0.455 e. The molecule has 0 unspecified atom stereocenters. The first kappa shape index (κ1) is 33.1. The molecule has 3 N–H and O–H groups in total. The Hall–Kier alpha value is -3.93. The fourth-order valence-corrected chi connectivity index (χ4v) is 2.66. The molecule has 0 saturated carbocycles. The van der Waals surface area contributed by atoms with Crippen LogP contribution in [0.5, 0.6) is 0 Å². The van der Waals surface area contributed by atoms with E-state index < -0.39 is 41.8 Å². The summed E-state index contributed by atoms with van der Waals surface area (Å²) in [6.07, 6.45) is -14.2. The summed E-state index contributed by atoms with van der Waals surface area (Å²) in [5.74, 6) is -7.39. The van der Waals surface area contributed by atoms with Crippen molar-refractivity contribution >= 4 is 34.9 Å². The Morgan fingerprint density at radius 3 is 1.59 bits per heavy atom. The van der Waals surface area contributed by atoms with Gasteiger partial charge in [0.1, 0.15) is 36.4 Å². The number of carbonyl (C=O) groups excluding carboxylic acids is 3. The first-order chi connectivity index (χ1) is 17.8. The predicted octanol–water partition coefficient (Wildman–Crippen LogP) is 0.133. The zero-order valence-electron chi connectivity index (χ0n) is 19.2. The lowest BCUT2D eigenvalue weighted by Crippen LogP contribution is -3.09. The van der Waals surface area contributed by atoms with Crippen LogP contribution in [0, 0.1) is 0 Å². The molecule has 0 radical (unpaired) electrons. The molecule has 216 valence electrons. The summed E-state index contributed by atoms with van der Waals surface area (Å²) in [4.78, 5) is 32.7. The van der Waals surface area contributed by atoms with E-state index in [9.17, 15) is 44.3 Å². The summed E-state index contributed by atoms with van der Waals surface area (Å²) in [5.41, 5.74) is 1.54. The minimum Gasteiger partial charge on any atom is -0.542 e. The van der Waals surface area contributed by atoms with Crippen molar-refractivity contribution in [2.75, 3.05) is 31.6 Å². The number of H-pyrrole nitrogens is 1. The van der Waals surface area contributed by atoms with Gasteiger partial charge in [-0.1, -0.05) is 0 Å². The maximum atomic E-state index is 12.4. The van der Waals surface area contributed by atoms with Gasteiger partial charge < -0.3 is 24.5 Å². The lowest BCUT2D eigenvalue weighted by Gasteiger charge is -2.23. The highest BCUT2D eigenvalue weighted by Gasteiger charge is 2.39. The lowest BCUT2D eigenvalue weighted by molar-refractivity contribution is -0.842. The molecular formula is C21H18F9N3O6. The van der Waals surface area contributed by atoms with Gasteiger partial charge in [-0.25, -0.2) is 10.3 Å². The van der Waals surface area contributed by atoms with Crippen LogP contribution in [-0.4, -0.2) is 62.6 Å². The first-order valence-electron chi connectivity index (χ1n) is 10.3. The molecule has 0 atom stereocenters. The molecule has 0 aliphatic carbocycles.